The van der Waals surface area contributed by atoms with Gasteiger partial charge in [0.2, 0.25) is 0 Å². The Labute approximate surface area is 96.5 Å². The number of rotatable bonds is 5. The van der Waals surface area contributed by atoms with Crippen molar-refractivity contribution in [2.45, 2.75) is 12.8 Å². The maximum absolute atomic E-state index is 5.30. The molecule has 0 fully saturated rings. The third kappa shape index (κ3) is 2.76. The molecule has 0 atom stereocenters. The molecule has 0 saturated heterocycles. The lowest BCUT2D eigenvalue weighted by atomic mass is 10.1. The molecule has 5 nitrogen and oxygen atoms in total. The van der Waals surface area contributed by atoms with Crippen molar-refractivity contribution in [3.05, 3.63) is 11.4 Å². The summed E-state index contributed by atoms with van der Waals surface area (Å²) in [6.07, 6.45) is 3.47. The Bertz CT molecular complexity index is 340. The van der Waals surface area contributed by atoms with Crippen molar-refractivity contribution in [1.29, 1.82) is 0 Å². The highest BCUT2D eigenvalue weighted by Crippen LogP contribution is 2.23. The van der Waals surface area contributed by atoms with Crippen molar-refractivity contribution in [1.82, 2.24) is 4.90 Å². The van der Waals surface area contributed by atoms with Gasteiger partial charge in [-0.2, -0.15) is 0 Å². The summed E-state index contributed by atoms with van der Waals surface area (Å²) in [6.45, 7) is 4.89. The van der Waals surface area contributed by atoms with Gasteiger partial charge >= 0.3 is 0 Å². The topological polar surface area (TPSA) is 66.3 Å². The number of hydrogen-bond donors (Lipinski definition) is 1. The van der Waals surface area contributed by atoms with Crippen LogP contribution < -0.4 is 5.73 Å². The van der Waals surface area contributed by atoms with Crippen LogP contribution in [0.4, 0.5) is 0 Å². The van der Waals surface area contributed by atoms with Gasteiger partial charge in [0.1, 0.15) is 5.82 Å². The normalized spacial score (nSPS) is 17.7. The highest BCUT2D eigenvalue weighted by molar-refractivity contribution is 6.07. The van der Waals surface area contributed by atoms with Gasteiger partial charge in [0.15, 0.2) is 0 Å². The van der Waals surface area contributed by atoms with Crippen LogP contribution >= 0.6 is 0 Å². The lowest BCUT2D eigenvalue weighted by Gasteiger charge is -2.11. The minimum atomic E-state index is 0.322. The van der Waals surface area contributed by atoms with E-state index in [9.17, 15) is 0 Å². The molecule has 1 aliphatic rings. The van der Waals surface area contributed by atoms with Gasteiger partial charge in [-0.1, -0.05) is 0 Å². The van der Waals surface area contributed by atoms with E-state index in [0.717, 1.165) is 24.5 Å². The van der Waals surface area contributed by atoms with Crippen LogP contribution in [-0.2, 0) is 0 Å². The first-order valence-electron chi connectivity index (χ1n) is 5.30. The maximum atomic E-state index is 5.30. The van der Waals surface area contributed by atoms with Crippen LogP contribution in [0, 0.1) is 0 Å². The van der Waals surface area contributed by atoms with Gasteiger partial charge in [0.25, 0.3) is 0 Å². The average Bonchev–Trinajstić information content (AvgIpc) is 2.66. The van der Waals surface area contributed by atoms with E-state index in [2.05, 4.69) is 26.6 Å². The second kappa shape index (κ2) is 6.17. The average molecular weight is 221 g/mol. The number of hydrogen-bond acceptors (Lipinski definition) is 5. The second-order valence-electron chi connectivity index (χ2n) is 3.55. The summed E-state index contributed by atoms with van der Waals surface area (Å²) in [5, 5.41) is 0. The van der Waals surface area contributed by atoms with E-state index in [1.54, 1.807) is 13.3 Å². The van der Waals surface area contributed by atoms with Crippen LogP contribution in [0.5, 0.6) is 0 Å². The molecule has 0 amide bonds. The van der Waals surface area contributed by atoms with Gasteiger partial charge in [-0.05, 0) is 13.1 Å². The molecule has 0 bridgehead atoms. The fraction of sp³-hybridized carbons (Fsp3) is 0.545. The molecule has 0 aromatic carbocycles. The van der Waals surface area contributed by atoms with Gasteiger partial charge in [-0.15, -0.1) is 0 Å². The van der Waals surface area contributed by atoms with Gasteiger partial charge in [-0.25, -0.2) is 4.99 Å². The third-order valence-electron chi connectivity index (χ3n) is 2.62. The Hall–Kier alpha value is -1.49. The molecule has 0 unspecified atom stereocenters. The first-order valence-corrected chi connectivity index (χ1v) is 5.30. The van der Waals surface area contributed by atoms with Crippen LogP contribution in [0.3, 0.4) is 0 Å². The summed E-state index contributed by atoms with van der Waals surface area (Å²) in [5.74, 6) is 0.932. The largest absolute Gasteiger partial charge is 0.359 e. The van der Waals surface area contributed by atoms with E-state index >= 15 is 0 Å². The van der Waals surface area contributed by atoms with E-state index in [1.165, 1.54) is 5.57 Å². The summed E-state index contributed by atoms with van der Waals surface area (Å²) in [7, 11) is 3.80. The Morgan fingerprint density at radius 1 is 1.62 bits per heavy atom. The van der Waals surface area contributed by atoms with Crippen LogP contribution in [0.2, 0.25) is 0 Å². The zero-order valence-electron chi connectivity index (χ0n) is 9.98. The zero-order valence-corrected chi connectivity index (χ0v) is 9.98. The van der Waals surface area contributed by atoms with Crippen molar-refractivity contribution in [2.75, 3.05) is 27.3 Å². The maximum Gasteiger partial charge on any atom is 0.132 e. The van der Waals surface area contributed by atoms with Gasteiger partial charge in [0, 0.05) is 44.6 Å². The van der Waals surface area contributed by atoms with Gasteiger partial charge in [-0.3, -0.25) is 9.98 Å². The molecule has 2 N–H and O–H groups in total. The van der Waals surface area contributed by atoms with Crippen molar-refractivity contribution in [2.24, 2.45) is 20.7 Å². The predicted molar refractivity (Wildman–Crippen MR) is 69.3 cm³/mol. The SMILES string of the molecule is C=NC1=C(/C(C/C=N\CN)=N\C)CCN1C. The Morgan fingerprint density at radius 2 is 2.38 bits per heavy atom. The van der Waals surface area contributed by atoms with Crippen molar-refractivity contribution in [3.8, 4) is 0 Å². The monoisotopic (exact) mass is 221 g/mol. The molecular formula is C11H19N5. The quantitative estimate of drug-likeness (QED) is 0.694. The second-order valence-corrected chi connectivity index (χ2v) is 3.55. The molecule has 0 saturated carbocycles. The minimum absolute atomic E-state index is 0.322. The fourth-order valence-electron chi connectivity index (χ4n) is 1.79. The first kappa shape index (κ1) is 12.6. The fourth-order valence-corrected chi connectivity index (χ4v) is 1.79. The molecule has 0 radical (unpaired) electrons. The summed E-state index contributed by atoms with van der Waals surface area (Å²) in [6, 6.07) is 0. The van der Waals surface area contributed by atoms with Gasteiger partial charge in [0.05, 0.1) is 6.67 Å². The van der Waals surface area contributed by atoms with Gasteiger partial charge < -0.3 is 10.6 Å². The number of nitrogens with two attached hydrogens (primary N) is 1. The lowest BCUT2D eigenvalue weighted by molar-refractivity contribution is 0.456. The number of nitrogens with zero attached hydrogens (tertiary/aromatic N) is 4. The molecule has 16 heavy (non-hydrogen) atoms. The molecule has 0 aliphatic carbocycles. The molecule has 1 rings (SSSR count). The first-order chi connectivity index (χ1) is 7.74. The highest BCUT2D eigenvalue weighted by atomic mass is 15.2. The van der Waals surface area contributed by atoms with Crippen molar-refractivity contribution in [3.63, 3.8) is 0 Å². The Kier molecular flexibility index (Phi) is 4.85. The molecule has 1 heterocycles. The zero-order chi connectivity index (χ0) is 12.0. The highest BCUT2D eigenvalue weighted by Gasteiger charge is 2.21. The van der Waals surface area contributed by atoms with Crippen LogP contribution in [0.25, 0.3) is 0 Å². The molecule has 5 heteroatoms. The molecule has 0 aromatic rings. The Morgan fingerprint density at radius 3 is 2.94 bits per heavy atom. The number of aliphatic imine (C=N–C) groups is 3. The molecule has 1 aliphatic heterocycles. The molecule has 0 spiro atoms. The molecule has 88 valence electrons. The lowest BCUT2D eigenvalue weighted by Crippen LogP contribution is -2.11. The smallest absolute Gasteiger partial charge is 0.132 e. The van der Waals surface area contributed by atoms with Crippen LogP contribution in [0.15, 0.2) is 26.4 Å². The van der Waals surface area contributed by atoms with E-state index in [0.29, 0.717) is 13.1 Å². The summed E-state index contributed by atoms with van der Waals surface area (Å²) in [4.78, 5) is 14.4. The molecule has 0 aromatic heterocycles. The summed E-state index contributed by atoms with van der Waals surface area (Å²) in [5.41, 5.74) is 7.49. The van der Waals surface area contributed by atoms with Crippen LogP contribution in [0.1, 0.15) is 12.8 Å². The Balaban J connectivity index is 2.84. The van der Waals surface area contributed by atoms with Crippen LogP contribution in [-0.4, -0.2) is 50.9 Å². The van der Waals surface area contributed by atoms with Crippen molar-refractivity contribution >= 4 is 18.6 Å². The molecular weight excluding hydrogens is 202 g/mol. The standard InChI is InChI=1S/C11H19N5/c1-13-10(4-6-15-8-12)9-5-7-16(3)11(9)14-2/h6H,2,4-5,7-8,12H2,1,3H3/b13-10-,15-6-. The minimum Gasteiger partial charge on any atom is -0.359 e. The van der Waals surface area contributed by atoms with E-state index in [4.69, 9.17) is 5.73 Å². The van der Waals surface area contributed by atoms with E-state index in [1.807, 2.05) is 7.05 Å². The summed E-state index contributed by atoms with van der Waals surface area (Å²) >= 11 is 0. The summed E-state index contributed by atoms with van der Waals surface area (Å²) < 4.78 is 0. The van der Waals surface area contributed by atoms with Crippen molar-refractivity contribution < 1.29 is 0 Å². The van der Waals surface area contributed by atoms with E-state index < -0.39 is 0 Å². The van der Waals surface area contributed by atoms with E-state index in [-0.39, 0.29) is 0 Å². The third-order valence-corrected chi connectivity index (χ3v) is 2.62. The predicted octanol–water partition coefficient (Wildman–Crippen LogP) is 0.682.